The highest BCUT2D eigenvalue weighted by Crippen LogP contribution is 2.11. The molecule has 0 unspecified atom stereocenters. The van der Waals surface area contributed by atoms with Crippen molar-refractivity contribution in [2.45, 2.75) is 19.9 Å². The van der Waals surface area contributed by atoms with E-state index in [0.717, 1.165) is 29.1 Å². The summed E-state index contributed by atoms with van der Waals surface area (Å²) in [5.74, 6) is -0.0109. The quantitative estimate of drug-likeness (QED) is 0.846. The molecular weight excluding hydrogens is 256 g/mol. The second-order valence-corrected chi connectivity index (χ2v) is 5.23. The lowest BCUT2D eigenvalue weighted by atomic mass is 10.2. The lowest BCUT2D eigenvalue weighted by molar-refractivity contribution is 0.0955. The second-order valence-electron chi connectivity index (χ2n) is 4.28. The Kier molecular flexibility index (Phi) is 4.98. The Balaban J connectivity index is 1.84. The highest BCUT2D eigenvalue weighted by molar-refractivity contribution is 7.12. The zero-order chi connectivity index (χ0) is 13.5. The summed E-state index contributed by atoms with van der Waals surface area (Å²) in [4.78, 5) is 12.5. The van der Waals surface area contributed by atoms with Gasteiger partial charge in [-0.1, -0.05) is 25.1 Å². The maximum atomic E-state index is 11.8. The molecule has 0 radical (unpaired) electrons. The molecule has 0 spiro atoms. The summed E-state index contributed by atoms with van der Waals surface area (Å²) in [5.41, 5.74) is 2.22. The summed E-state index contributed by atoms with van der Waals surface area (Å²) < 4.78 is 0. The molecule has 2 rings (SSSR count). The smallest absolute Gasteiger partial charge is 0.261 e. The molecule has 0 bridgehead atoms. The number of anilines is 1. The number of hydrogen-bond donors (Lipinski definition) is 2. The first-order chi connectivity index (χ1) is 9.29. The van der Waals surface area contributed by atoms with Crippen LogP contribution in [0.5, 0.6) is 0 Å². The molecule has 4 heteroatoms. The minimum absolute atomic E-state index is 0.0109. The Labute approximate surface area is 117 Å². The molecule has 0 saturated carbocycles. The van der Waals surface area contributed by atoms with E-state index in [-0.39, 0.29) is 5.91 Å². The van der Waals surface area contributed by atoms with E-state index in [0.29, 0.717) is 6.54 Å². The van der Waals surface area contributed by atoms with Gasteiger partial charge in [-0.15, -0.1) is 11.3 Å². The zero-order valence-corrected chi connectivity index (χ0v) is 11.8. The molecule has 1 amide bonds. The van der Waals surface area contributed by atoms with Crippen molar-refractivity contribution in [3.05, 3.63) is 52.2 Å². The van der Waals surface area contributed by atoms with Gasteiger partial charge in [0.15, 0.2) is 0 Å². The van der Waals surface area contributed by atoms with Crippen LogP contribution in [0, 0.1) is 0 Å². The SMILES string of the molecule is CCCNc1ccc(CNC(=O)c2cccs2)cc1. The third kappa shape index (κ3) is 4.10. The Morgan fingerprint density at radius 2 is 2.00 bits per heavy atom. The van der Waals surface area contributed by atoms with Crippen molar-refractivity contribution < 1.29 is 4.79 Å². The Morgan fingerprint density at radius 3 is 2.63 bits per heavy atom. The van der Waals surface area contributed by atoms with E-state index in [1.54, 1.807) is 0 Å². The Morgan fingerprint density at radius 1 is 1.21 bits per heavy atom. The Bertz CT molecular complexity index is 505. The van der Waals surface area contributed by atoms with Crippen LogP contribution in [-0.4, -0.2) is 12.5 Å². The van der Waals surface area contributed by atoms with Crippen molar-refractivity contribution in [3.8, 4) is 0 Å². The number of carbonyl (C=O) groups is 1. The maximum absolute atomic E-state index is 11.8. The molecule has 3 nitrogen and oxygen atoms in total. The lowest BCUT2D eigenvalue weighted by Gasteiger charge is -2.07. The molecule has 1 aromatic heterocycles. The van der Waals surface area contributed by atoms with E-state index in [2.05, 4.69) is 17.6 Å². The van der Waals surface area contributed by atoms with E-state index in [4.69, 9.17) is 0 Å². The maximum Gasteiger partial charge on any atom is 0.261 e. The van der Waals surface area contributed by atoms with Gasteiger partial charge in [-0.05, 0) is 35.6 Å². The molecule has 0 aliphatic rings. The minimum atomic E-state index is -0.0109. The van der Waals surface area contributed by atoms with Crippen LogP contribution in [0.1, 0.15) is 28.6 Å². The van der Waals surface area contributed by atoms with E-state index in [9.17, 15) is 4.79 Å². The lowest BCUT2D eigenvalue weighted by Crippen LogP contribution is -2.21. The number of amides is 1. The normalized spacial score (nSPS) is 10.2. The molecule has 2 N–H and O–H groups in total. The van der Waals surface area contributed by atoms with E-state index in [1.165, 1.54) is 11.3 Å². The predicted octanol–water partition coefficient (Wildman–Crippen LogP) is 3.50. The monoisotopic (exact) mass is 274 g/mol. The molecule has 1 heterocycles. The number of rotatable bonds is 6. The number of nitrogens with one attached hydrogen (secondary N) is 2. The molecule has 0 fully saturated rings. The standard InChI is InChI=1S/C15H18N2OS/c1-2-9-16-13-7-5-12(6-8-13)11-17-15(18)14-4-3-10-19-14/h3-8,10,16H,2,9,11H2,1H3,(H,17,18). The molecule has 0 aliphatic carbocycles. The van der Waals surface area contributed by atoms with E-state index in [1.807, 2.05) is 41.8 Å². The highest BCUT2D eigenvalue weighted by atomic mass is 32.1. The molecular formula is C15H18N2OS. The van der Waals surface area contributed by atoms with Gasteiger partial charge in [-0.2, -0.15) is 0 Å². The van der Waals surface area contributed by atoms with Crippen molar-refractivity contribution >= 4 is 22.9 Å². The first kappa shape index (κ1) is 13.6. The van der Waals surface area contributed by atoms with Crippen LogP contribution in [0.15, 0.2) is 41.8 Å². The number of benzene rings is 1. The second kappa shape index (κ2) is 6.95. The van der Waals surface area contributed by atoms with Crippen molar-refractivity contribution in [1.29, 1.82) is 0 Å². The van der Waals surface area contributed by atoms with Crippen LogP contribution >= 0.6 is 11.3 Å². The van der Waals surface area contributed by atoms with Crippen LogP contribution in [0.25, 0.3) is 0 Å². The summed E-state index contributed by atoms with van der Waals surface area (Å²) >= 11 is 1.46. The first-order valence-corrected chi connectivity index (χ1v) is 7.32. The average Bonchev–Trinajstić information content (AvgIpc) is 2.98. The van der Waals surface area contributed by atoms with E-state index < -0.39 is 0 Å². The van der Waals surface area contributed by atoms with Gasteiger partial charge < -0.3 is 10.6 Å². The predicted molar refractivity (Wildman–Crippen MR) is 80.7 cm³/mol. The first-order valence-electron chi connectivity index (χ1n) is 6.44. The molecule has 0 saturated heterocycles. The van der Waals surface area contributed by atoms with Gasteiger partial charge >= 0.3 is 0 Å². The van der Waals surface area contributed by atoms with Crippen LogP contribution in [0.3, 0.4) is 0 Å². The van der Waals surface area contributed by atoms with Gasteiger partial charge in [-0.25, -0.2) is 0 Å². The molecule has 1 aromatic carbocycles. The van der Waals surface area contributed by atoms with Crippen molar-refractivity contribution in [2.75, 3.05) is 11.9 Å². The van der Waals surface area contributed by atoms with Crippen molar-refractivity contribution in [2.24, 2.45) is 0 Å². The van der Waals surface area contributed by atoms with Crippen LogP contribution in [-0.2, 0) is 6.54 Å². The van der Waals surface area contributed by atoms with Crippen LogP contribution in [0.2, 0.25) is 0 Å². The largest absolute Gasteiger partial charge is 0.385 e. The molecule has 100 valence electrons. The minimum Gasteiger partial charge on any atom is -0.385 e. The van der Waals surface area contributed by atoms with Gasteiger partial charge in [-0.3, -0.25) is 4.79 Å². The fourth-order valence-electron chi connectivity index (χ4n) is 1.69. The average molecular weight is 274 g/mol. The van der Waals surface area contributed by atoms with Crippen molar-refractivity contribution in [3.63, 3.8) is 0 Å². The highest BCUT2D eigenvalue weighted by Gasteiger charge is 2.05. The molecule has 19 heavy (non-hydrogen) atoms. The van der Waals surface area contributed by atoms with Gasteiger partial charge in [0.2, 0.25) is 0 Å². The summed E-state index contributed by atoms with van der Waals surface area (Å²) in [5, 5.41) is 8.14. The summed E-state index contributed by atoms with van der Waals surface area (Å²) in [6, 6.07) is 11.9. The summed E-state index contributed by atoms with van der Waals surface area (Å²) in [7, 11) is 0. The zero-order valence-electron chi connectivity index (χ0n) is 11.0. The van der Waals surface area contributed by atoms with E-state index >= 15 is 0 Å². The number of thiophene rings is 1. The van der Waals surface area contributed by atoms with Gasteiger partial charge in [0.25, 0.3) is 5.91 Å². The number of hydrogen-bond acceptors (Lipinski definition) is 3. The number of carbonyl (C=O) groups excluding carboxylic acids is 1. The third-order valence-corrected chi connectivity index (χ3v) is 3.60. The summed E-state index contributed by atoms with van der Waals surface area (Å²) in [6.07, 6.45) is 1.11. The fourth-order valence-corrected chi connectivity index (χ4v) is 2.33. The van der Waals surface area contributed by atoms with Gasteiger partial charge in [0.1, 0.15) is 0 Å². The molecule has 2 aromatic rings. The summed E-state index contributed by atoms with van der Waals surface area (Å²) in [6.45, 7) is 3.68. The van der Waals surface area contributed by atoms with Crippen LogP contribution in [0.4, 0.5) is 5.69 Å². The molecule has 0 aliphatic heterocycles. The Hall–Kier alpha value is -1.81. The van der Waals surface area contributed by atoms with Gasteiger partial charge in [0, 0.05) is 18.8 Å². The van der Waals surface area contributed by atoms with Crippen LogP contribution < -0.4 is 10.6 Å². The third-order valence-electron chi connectivity index (χ3n) is 2.73. The van der Waals surface area contributed by atoms with Gasteiger partial charge in [0.05, 0.1) is 4.88 Å². The topological polar surface area (TPSA) is 41.1 Å². The molecule has 0 atom stereocenters. The fraction of sp³-hybridized carbons (Fsp3) is 0.267. The van der Waals surface area contributed by atoms with Crippen molar-refractivity contribution in [1.82, 2.24) is 5.32 Å².